The number of rotatable bonds is 3. The molecule has 2 unspecified atom stereocenters. The Bertz CT molecular complexity index is 1220. The summed E-state index contributed by atoms with van der Waals surface area (Å²) >= 11 is 0. The molecule has 3 aromatic rings. The lowest BCUT2D eigenvalue weighted by Crippen LogP contribution is -2.49. The summed E-state index contributed by atoms with van der Waals surface area (Å²) in [6.07, 6.45) is 4.81. The highest BCUT2D eigenvalue weighted by Crippen LogP contribution is 2.42. The van der Waals surface area contributed by atoms with Gasteiger partial charge in [0.2, 0.25) is 0 Å². The number of benzene rings is 1. The number of imidazole rings is 1. The number of aromatic nitrogens is 3. The maximum absolute atomic E-state index is 13.1. The second kappa shape index (κ2) is 8.02. The summed E-state index contributed by atoms with van der Waals surface area (Å²) in [5.74, 6) is 0. The van der Waals surface area contributed by atoms with Gasteiger partial charge in [0, 0.05) is 35.4 Å². The Labute approximate surface area is 192 Å². The summed E-state index contributed by atoms with van der Waals surface area (Å²) in [6.45, 7) is 5.54. The monoisotopic (exact) mass is 450 g/mol. The van der Waals surface area contributed by atoms with E-state index in [0.717, 1.165) is 47.8 Å². The van der Waals surface area contributed by atoms with Gasteiger partial charge in [-0.15, -0.1) is 0 Å². The number of nitrogens with zero attached hydrogens (tertiary/aromatic N) is 3. The molecule has 0 saturated carbocycles. The van der Waals surface area contributed by atoms with E-state index in [-0.39, 0.29) is 36.5 Å². The Morgan fingerprint density at radius 1 is 1.15 bits per heavy atom. The van der Waals surface area contributed by atoms with Gasteiger partial charge in [0.25, 0.3) is 0 Å². The second-order valence-electron chi connectivity index (χ2n) is 10.1. The van der Waals surface area contributed by atoms with Gasteiger partial charge in [0.15, 0.2) is 0 Å². The number of aromatic amines is 1. The molecule has 2 aliphatic heterocycles. The number of aliphatic hydroxyl groups is 1. The molecule has 2 aromatic heterocycles. The van der Waals surface area contributed by atoms with Crippen LogP contribution >= 0.6 is 0 Å². The summed E-state index contributed by atoms with van der Waals surface area (Å²) in [4.78, 5) is 35.2. The van der Waals surface area contributed by atoms with Crippen molar-refractivity contribution >= 4 is 17.1 Å². The Hall–Kier alpha value is -3.13. The lowest BCUT2D eigenvalue weighted by molar-refractivity contribution is 0.00301. The average molecular weight is 451 g/mol. The topological polar surface area (TPSA) is 100 Å². The van der Waals surface area contributed by atoms with E-state index < -0.39 is 5.60 Å². The number of aliphatic hydroxyl groups excluding tert-OH is 1. The molecular formula is C25H30N4O4. The number of fused-ring (bicyclic) bond motifs is 3. The highest BCUT2D eigenvalue weighted by molar-refractivity contribution is 5.92. The number of pyridine rings is 1. The fraction of sp³-hybridized carbons (Fsp3) is 0.480. The fourth-order valence-corrected chi connectivity index (χ4v) is 5.40. The molecule has 0 aliphatic carbocycles. The van der Waals surface area contributed by atoms with Gasteiger partial charge in [0.05, 0.1) is 23.3 Å². The number of hydrogen-bond acceptors (Lipinski definition) is 5. The van der Waals surface area contributed by atoms with Crippen molar-refractivity contribution in [3.05, 3.63) is 52.7 Å². The van der Waals surface area contributed by atoms with E-state index in [1.165, 1.54) is 0 Å². The fourth-order valence-electron chi connectivity index (χ4n) is 5.40. The van der Waals surface area contributed by atoms with E-state index in [4.69, 9.17) is 4.74 Å². The van der Waals surface area contributed by atoms with Crippen LogP contribution in [0, 0.1) is 0 Å². The van der Waals surface area contributed by atoms with E-state index in [1.807, 2.05) is 54.5 Å². The molecule has 2 aliphatic rings. The van der Waals surface area contributed by atoms with Gasteiger partial charge in [0.1, 0.15) is 5.60 Å². The molecule has 2 saturated heterocycles. The van der Waals surface area contributed by atoms with E-state index >= 15 is 0 Å². The van der Waals surface area contributed by atoms with Crippen LogP contribution in [0.1, 0.15) is 58.2 Å². The molecule has 8 heteroatoms. The van der Waals surface area contributed by atoms with Gasteiger partial charge in [-0.2, -0.15) is 0 Å². The smallest absolute Gasteiger partial charge is 0.410 e. The Balaban J connectivity index is 1.46. The number of H-pyrrole nitrogens is 1. The van der Waals surface area contributed by atoms with Gasteiger partial charge < -0.3 is 19.7 Å². The molecule has 5 rings (SSSR count). The highest BCUT2D eigenvalue weighted by Gasteiger charge is 2.45. The van der Waals surface area contributed by atoms with E-state index in [1.54, 1.807) is 12.3 Å². The summed E-state index contributed by atoms with van der Waals surface area (Å²) in [7, 11) is 0. The van der Waals surface area contributed by atoms with Crippen molar-refractivity contribution < 1.29 is 14.6 Å². The van der Waals surface area contributed by atoms with Crippen LogP contribution in [0.25, 0.3) is 22.2 Å². The summed E-state index contributed by atoms with van der Waals surface area (Å²) in [6, 6.07) is 9.76. The van der Waals surface area contributed by atoms with Crippen LogP contribution in [-0.2, 0) is 11.3 Å². The number of piperidine rings is 1. The molecule has 33 heavy (non-hydrogen) atoms. The first-order valence-electron chi connectivity index (χ1n) is 11.6. The first kappa shape index (κ1) is 21.7. The number of carbonyl (C=O) groups excluding carboxylic acids is 1. The standard InChI is InChI=1S/C25H30N4O4/c1-25(2,3)33-24(32)28-17-9-10-18(28)12-19(11-17)29-21-6-4-5-20(22(21)27-23(29)31)15-7-8-16(14-30)26-13-15/h4-8,13,17-19,30H,9-12,14H2,1-3H3,(H,27,31). The van der Waals surface area contributed by atoms with Gasteiger partial charge >= 0.3 is 11.8 Å². The van der Waals surface area contributed by atoms with Crippen molar-refractivity contribution in [2.75, 3.05) is 0 Å². The van der Waals surface area contributed by atoms with E-state index in [2.05, 4.69) is 9.97 Å². The third-order valence-corrected chi connectivity index (χ3v) is 6.73. The van der Waals surface area contributed by atoms with Crippen LogP contribution in [-0.4, -0.2) is 48.3 Å². The van der Waals surface area contributed by atoms with Crippen molar-refractivity contribution in [3.63, 3.8) is 0 Å². The number of ether oxygens (including phenoxy) is 1. The molecule has 2 bridgehead atoms. The quantitative estimate of drug-likeness (QED) is 0.629. The molecular weight excluding hydrogens is 420 g/mol. The summed E-state index contributed by atoms with van der Waals surface area (Å²) < 4.78 is 7.52. The minimum Gasteiger partial charge on any atom is -0.444 e. The molecule has 8 nitrogen and oxygen atoms in total. The van der Waals surface area contributed by atoms with Gasteiger partial charge in [-0.3, -0.25) is 9.55 Å². The molecule has 4 heterocycles. The number of amides is 1. The van der Waals surface area contributed by atoms with Crippen LogP contribution < -0.4 is 5.69 Å². The molecule has 1 aromatic carbocycles. The number of carbonyl (C=O) groups is 1. The largest absolute Gasteiger partial charge is 0.444 e. The number of nitrogens with one attached hydrogen (secondary N) is 1. The Morgan fingerprint density at radius 3 is 2.48 bits per heavy atom. The zero-order valence-corrected chi connectivity index (χ0v) is 19.2. The maximum Gasteiger partial charge on any atom is 0.410 e. The van der Waals surface area contributed by atoms with Gasteiger partial charge in [-0.05, 0) is 58.6 Å². The van der Waals surface area contributed by atoms with Crippen LogP contribution in [0.15, 0.2) is 41.3 Å². The first-order valence-corrected chi connectivity index (χ1v) is 11.6. The second-order valence-corrected chi connectivity index (χ2v) is 10.1. The minimum absolute atomic E-state index is 0.0209. The maximum atomic E-state index is 13.1. The third kappa shape index (κ3) is 3.93. The van der Waals surface area contributed by atoms with Crippen LogP contribution in [0.3, 0.4) is 0 Å². The van der Waals surface area contributed by atoms with Crippen molar-refractivity contribution in [2.45, 2.75) is 76.8 Å². The number of hydrogen-bond donors (Lipinski definition) is 2. The molecule has 2 N–H and O–H groups in total. The zero-order valence-electron chi connectivity index (χ0n) is 19.2. The molecule has 174 valence electrons. The van der Waals surface area contributed by atoms with Crippen molar-refractivity contribution in [1.29, 1.82) is 0 Å². The van der Waals surface area contributed by atoms with Crippen molar-refractivity contribution in [1.82, 2.24) is 19.4 Å². The average Bonchev–Trinajstić information content (AvgIpc) is 3.25. The Morgan fingerprint density at radius 2 is 1.88 bits per heavy atom. The Kier molecular flexibility index (Phi) is 5.28. The highest BCUT2D eigenvalue weighted by atomic mass is 16.6. The predicted octanol–water partition coefficient (Wildman–Crippen LogP) is 3.99. The molecule has 2 fully saturated rings. The van der Waals surface area contributed by atoms with E-state index in [9.17, 15) is 14.7 Å². The third-order valence-electron chi connectivity index (χ3n) is 6.73. The lowest BCUT2D eigenvalue weighted by Gasteiger charge is -2.39. The molecule has 1 amide bonds. The van der Waals surface area contributed by atoms with Gasteiger partial charge in [-0.25, -0.2) is 9.59 Å². The SMILES string of the molecule is CC(C)(C)OC(=O)N1C2CCC1CC(n1c(=O)[nH]c3c(-c4ccc(CO)nc4)cccc31)C2. The van der Waals surface area contributed by atoms with Crippen molar-refractivity contribution in [3.8, 4) is 11.1 Å². The minimum atomic E-state index is -0.526. The molecule has 0 spiro atoms. The molecule has 0 radical (unpaired) electrons. The zero-order chi connectivity index (χ0) is 23.3. The van der Waals surface area contributed by atoms with Crippen LogP contribution in [0.4, 0.5) is 4.79 Å². The number of para-hydroxylation sites is 1. The van der Waals surface area contributed by atoms with Crippen LogP contribution in [0.5, 0.6) is 0 Å². The van der Waals surface area contributed by atoms with Gasteiger partial charge in [-0.1, -0.05) is 18.2 Å². The van der Waals surface area contributed by atoms with E-state index in [0.29, 0.717) is 5.69 Å². The summed E-state index contributed by atoms with van der Waals surface area (Å²) in [5.41, 5.74) is 3.36. The molecule has 2 atom stereocenters. The summed E-state index contributed by atoms with van der Waals surface area (Å²) in [5, 5.41) is 9.27. The normalized spacial score (nSPS) is 22.7. The first-order chi connectivity index (χ1) is 15.7. The lowest BCUT2D eigenvalue weighted by atomic mass is 9.97. The van der Waals surface area contributed by atoms with Crippen LogP contribution in [0.2, 0.25) is 0 Å². The predicted molar refractivity (Wildman–Crippen MR) is 125 cm³/mol. The van der Waals surface area contributed by atoms with Crippen molar-refractivity contribution in [2.24, 2.45) is 0 Å².